The summed E-state index contributed by atoms with van der Waals surface area (Å²) >= 11 is 3.30. The minimum absolute atomic E-state index is 0.0127. The van der Waals surface area contributed by atoms with Gasteiger partial charge in [0.2, 0.25) is 10.0 Å². The lowest BCUT2D eigenvalue weighted by Crippen LogP contribution is -2.39. The van der Waals surface area contributed by atoms with Gasteiger partial charge in [-0.05, 0) is 23.8 Å². The van der Waals surface area contributed by atoms with Gasteiger partial charge in [-0.25, -0.2) is 13.8 Å². The van der Waals surface area contributed by atoms with Crippen molar-refractivity contribution in [2.75, 3.05) is 17.1 Å². The average molecular weight is 455 g/mol. The quantitative estimate of drug-likeness (QED) is 0.390. The number of hydrogen-bond donors (Lipinski definition) is 1. The molecule has 11 heteroatoms. The lowest BCUT2D eigenvalue weighted by molar-refractivity contribution is -0.384. The van der Waals surface area contributed by atoms with Gasteiger partial charge in [0.1, 0.15) is 6.54 Å². The number of benzene rings is 2. The number of halogens is 1. The van der Waals surface area contributed by atoms with Crippen LogP contribution in [-0.4, -0.2) is 38.3 Å². The van der Waals surface area contributed by atoms with Gasteiger partial charge in [-0.1, -0.05) is 34.1 Å². The summed E-state index contributed by atoms with van der Waals surface area (Å²) in [7, 11) is -3.84. The van der Waals surface area contributed by atoms with Gasteiger partial charge >= 0.3 is 0 Å². The summed E-state index contributed by atoms with van der Waals surface area (Å²) in [5.41, 5.74) is 2.70. The summed E-state index contributed by atoms with van der Waals surface area (Å²) in [5.74, 6) is -0.694. The number of amides is 1. The first-order chi connectivity index (χ1) is 12.7. The Morgan fingerprint density at radius 2 is 1.96 bits per heavy atom. The minimum Gasteiger partial charge on any atom is -0.271 e. The largest absolute Gasteiger partial charge is 0.271 e. The standard InChI is InChI=1S/C16H15BrN4O5S/c1-27(25,26)20(14-3-2-4-15(9-14)21(23)24)11-16(22)19-18-10-12-5-7-13(17)8-6-12/h2-10H,11H2,1H3,(H,19,22)/b18-10-. The topological polar surface area (TPSA) is 122 Å². The highest BCUT2D eigenvalue weighted by Gasteiger charge is 2.22. The van der Waals surface area contributed by atoms with Crippen molar-refractivity contribution < 1.29 is 18.1 Å². The molecule has 0 saturated heterocycles. The van der Waals surface area contributed by atoms with Gasteiger partial charge < -0.3 is 0 Å². The minimum atomic E-state index is -3.84. The van der Waals surface area contributed by atoms with Gasteiger partial charge in [0, 0.05) is 16.6 Å². The van der Waals surface area contributed by atoms with Crippen molar-refractivity contribution in [2.24, 2.45) is 5.10 Å². The Kier molecular flexibility index (Phi) is 6.64. The molecule has 0 heterocycles. The second-order valence-corrected chi connectivity index (χ2v) is 8.21. The van der Waals surface area contributed by atoms with Crippen LogP contribution in [-0.2, 0) is 14.8 Å². The van der Waals surface area contributed by atoms with Crippen LogP contribution in [0.1, 0.15) is 5.56 Å². The summed E-state index contributed by atoms with van der Waals surface area (Å²) in [4.78, 5) is 22.3. The van der Waals surface area contributed by atoms with E-state index in [2.05, 4.69) is 26.5 Å². The summed E-state index contributed by atoms with van der Waals surface area (Å²) in [6, 6.07) is 12.2. The molecule has 0 atom stereocenters. The Balaban J connectivity index is 2.12. The molecule has 0 unspecified atom stereocenters. The van der Waals surface area contributed by atoms with Crippen molar-refractivity contribution >= 4 is 49.4 Å². The van der Waals surface area contributed by atoms with Gasteiger partial charge in [0.15, 0.2) is 0 Å². The third-order valence-corrected chi connectivity index (χ3v) is 4.96. The van der Waals surface area contributed by atoms with Crippen LogP contribution in [0.3, 0.4) is 0 Å². The molecule has 2 aromatic rings. The first-order valence-corrected chi connectivity index (χ1v) is 10.1. The number of anilines is 1. The van der Waals surface area contributed by atoms with E-state index in [1.165, 1.54) is 24.4 Å². The van der Waals surface area contributed by atoms with Gasteiger partial charge in [-0.15, -0.1) is 0 Å². The Morgan fingerprint density at radius 1 is 1.30 bits per heavy atom. The van der Waals surface area contributed by atoms with E-state index in [0.29, 0.717) is 0 Å². The second kappa shape index (κ2) is 8.73. The van der Waals surface area contributed by atoms with E-state index in [4.69, 9.17) is 0 Å². The molecular formula is C16H15BrN4O5S. The maximum Gasteiger partial charge on any atom is 0.271 e. The third-order valence-electron chi connectivity index (χ3n) is 3.29. The number of nitro benzene ring substituents is 1. The van der Waals surface area contributed by atoms with E-state index < -0.39 is 27.4 Å². The number of carbonyl (C=O) groups excluding carboxylic acids is 1. The maximum absolute atomic E-state index is 12.1. The number of hydrazone groups is 1. The molecule has 1 amide bonds. The van der Waals surface area contributed by atoms with Crippen LogP contribution < -0.4 is 9.73 Å². The molecule has 0 aromatic heterocycles. The first-order valence-electron chi connectivity index (χ1n) is 7.46. The molecule has 0 radical (unpaired) electrons. The molecule has 0 aliphatic heterocycles. The summed E-state index contributed by atoms with van der Waals surface area (Å²) in [6.45, 7) is -0.572. The Morgan fingerprint density at radius 3 is 2.56 bits per heavy atom. The van der Waals surface area contributed by atoms with Gasteiger partial charge in [0.05, 0.1) is 23.1 Å². The number of carbonyl (C=O) groups is 1. The number of sulfonamides is 1. The zero-order valence-corrected chi connectivity index (χ0v) is 16.5. The molecule has 9 nitrogen and oxygen atoms in total. The highest BCUT2D eigenvalue weighted by atomic mass is 79.9. The normalized spacial score (nSPS) is 11.3. The zero-order chi connectivity index (χ0) is 20.0. The number of nitro groups is 1. The van der Waals surface area contributed by atoms with Crippen molar-refractivity contribution in [1.82, 2.24) is 5.43 Å². The van der Waals surface area contributed by atoms with E-state index in [1.807, 2.05) is 0 Å². The van der Waals surface area contributed by atoms with Crippen LogP contribution in [0.5, 0.6) is 0 Å². The van der Waals surface area contributed by atoms with E-state index in [1.54, 1.807) is 24.3 Å². The molecular weight excluding hydrogens is 440 g/mol. The number of rotatable bonds is 7. The van der Waals surface area contributed by atoms with Crippen molar-refractivity contribution in [2.45, 2.75) is 0 Å². The Bertz CT molecular complexity index is 977. The van der Waals surface area contributed by atoms with Crippen molar-refractivity contribution in [1.29, 1.82) is 0 Å². The number of non-ortho nitro benzene ring substituents is 1. The third kappa shape index (κ3) is 6.15. The lowest BCUT2D eigenvalue weighted by Gasteiger charge is -2.21. The van der Waals surface area contributed by atoms with Crippen molar-refractivity contribution in [3.8, 4) is 0 Å². The van der Waals surface area contributed by atoms with Crippen LogP contribution in [0.2, 0.25) is 0 Å². The Hall–Kier alpha value is -2.79. The second-order valence-electron chi connectivity index (χ2n) is 5.39. The summed E-state index contributed by atoms with van der Waals surface area (Å²) < 4.78 is 25.7. The fraction of sp³-hybridized carbons (Fsp3) is 0.125. The Labute approximate surface area is 164 Å². The van der Waals surface area contributed by atoms with Crippen LogP contribution in [0.15, 0.2) is 58.1 Å². The smallest absolute Gasteiger partial charge is 0.271 e. The van der Waals surface area contributed by atoms with E-state index in [-0.39, 0.29) is 11.4 Å². The van der Waals surface area contributed by atoms with Crippen LogP contribution in [0, 0.1) is 10.1 Å². The predicted octanol–water partition coefficient (Wildman–Crippen LogP) is 2.27. The first kappa shape index (κ1) is 20.5. The molecule has 0 aliphatic rings. The molecule has 27 heavy (non-hydrogen) atoms. The van der Waals surface area contributed by atoms with Crippen LogP contribution >= 0.6 is 15.9 Å². The van der Waals surface area contributed by atoms with E-state index in [9.17, 15) is 23.3 Å². The molecule has 0 spiro atoms. The summed E-state index contributed by atoms with van der Waals surface area (Å²) in [6.07, 6.45) is 2.31. The number of hydrogen-bond acceptors (Lipinski definition) is 6. The molecule has 0 saturated carbocycles. The molecule has 0 aliphatic carbocycles. The monoisotopic (exact) mass is 454 g/mol. The number of nitrogens with one attached hydrogen (secondary N) is 1. The van der Waals surface area contributed by atoms with Gasteiger partial charge in [0.25, 0.3) is 11.6 Å². The van der Waals surface area contributed by atoms with Crippen LogP contribution in [0.25, 0.3) is 0 Å². The van der Waals surface area contributed by atoms with E-state index >= 15 is 0 Å². The highest BCUT2D eigenvalue weighted by molar-refractivity contribution is 9.10. The van der Waals surface area contributed by atoms with Crippen LogP contribution in [0.4, 0.5) is 11.4 Å². The molecule has 1 N–H and O–H groups in total. The lowest BCUT2D eigenvalue weighted by atomic mass is 10.2. The van der Waals surface area contributed by atoms with Crippen molar-refractivity contribution in [3.63, 3.8) is 0 Å². The maximum atomic E-state index is 12.1. The fourth-order valence-corrected chi connectivity index (χ4v) is 3.17. The van der Waals surface area contributed by atoms with Gasteiger partial charge in [-0.3, -0.25) is 19.2 Å². The highest BCUT2D eigenvalue weighted by Crippen LogP contribution is 2.22. The van der Waals surface area contributed by atoms with Crippen molar-refractivity contribution in [3.05, 3.63) is 68.7 Å². The average Bonchev–Trinajstić information content (AvgIpc) is 2.60. The molecule has 0 bridgehead atoms. The predicted molar refractivity (Wildman–Crippen MR) is 105 cm³/mol. The molecule has 2 rings (SSSR count). The molecule has 142 valence electrons. The van der Waals surface area contributed by atoms with Gasteiger partial charge in [-0.2, -0.15) is 5.10 Å². The fourth-order valence-electron chi connectivity index (χ4n) is 2.06. The SMILES string of the molecule is CS(=O)(=O)N(CC(=O)N/N=C\c1ccc(Br)cc1)c1cccc([N+](=O)[O-])c1. The summed E-state index contributed by atoms with van der Waals surface area (Å²) in [5, 5.41) is 14.7. The molecule has 2 aromatic carbocycles. The number of nitrogens with zero attached hydrogens (tertiary/aromatic N) is 3. The van der Waals surface area contributed by atoms with E-state index in [0.717, 1.165) is 26.7 Å². The molecule has 0 fully saturated rings. The zero-order valence-electron chi connectivity index (χ0n) is 14.1.